The van der Waals surface area contributed by atoms with Gasteiger partial charge in [-0.3, -0.25) is 53.4 Å². The molecule has 3 unspecified atom stereocenters. The molecule has 2 saturated heterocycles. The summed E-state index contributed by atoms with van der Waals surface area (Å²) < 4.78 is 39.4. The largest absolute Gasteiger partial charge is 0.493 e. The first kappa shape index (κ1) is 63.4. The summed E-state index contributed by atoms with van der Waals surface area (Å²) in [6.07, 6.45) is 3.33. The lowest BCUT2D eigenvalue weighted by Gasteiger charge is -2.36. The summed E-state index contributed by atoms with van der Waals surface area (Å²) >= 11 is 0. The Hall–Kier alpha value is -7.76. The van der Waals surface area contributed by atoms with Crippen molar-refractivity contribution in [2.45, 2.75) is 116 Å². The van der Waals surface area contributed by atoms with E-state index in [-0.39, 0.29) is 60.9 Å². The quantitative estimate of drug-likeness (QED) is 0.0281. The number of hydrogen-bond donors (Lipinski definition) is 4. The molecule has 4 N–H and O–H groups in total. The maximum absolute atomic E-state index is 14.0. The van der Waals surface area contributed by atoms with E-state index in [9.17, 15) is 47.9 Å². The van der Waals surface area contributed by atoms with Gasteiger partial charge in [0.2, 0.25) is 29.4 Å². The molecule has 3 aromatic carbocycles. The topological polar surface area (TPSA) is 290 Å². The van der Waals surface area contributed by atoms with Crippen molar-refractivity contribution >= 4 is 64.7 Å². The van der Waals surface area contributed by atoms with Crippen LogP contribution in [0.25, 0.3) is 0 Å². The lowest BCUT2D eigenvalue weighted by Crippen LogP contribution is -2.54. The summed E-state index contributed by atoms with van der Waals surface area (Å²) in [6.45, 7) is 7.88. The minimum Gasteiger partial charge on any atom is -0.493 e. The van der Waals surface area contributed by atoms with E-state index in [1.165, 1.54) is 23.1 Å². The van der Waals surface area contributed by atoms with Crippen molar-refractivity contribution in [1.29, 1.82) is 0 Å². The van der Waals surface area contributed by atoms with E-state index in [1.54, 1.807) is 58.4 Å². The maximum atomic E-state index is 14.0. The van der Waals surface area contributed by atoms with Crippen LogP contribution in [0.5, 0.6) is 17.2 Å². The average molecular weight is 1140 g/mol. The third-order valence-corrected chi connectivity index (χ3v) is 14.4. The van der Waals surface area contributed by atoms with Gasteiger partial charge in [0, 0.05) is 63.2 Å². The monoisotopic (exact) mass is 1140 g/mol. The van der Waals surface area contributed by atoms with Gasteiger partial charge in [-0.1, -0.05) is 45.0 Å². The van der Waals surface area contributed by atoms with E-state index in [4.69, 9.17) is 33.2 Å². The molecule has 23 heteroatoms. The Labute approximate surface area is 477 Å². The molecule has 0 saturated carbocycles. The highest BCUT2D eigenvalue weighted by atomic mass is 16.6. The summed E-state index contributed by atoms with van der Waals surface area (Å²) in [5.41, 5.74) is 1.19. The van der Waals surface area contributed by atoms with E-state index < -0.39 is 77.4 Å². The highest BCUT2D eigenvalue weighted by molar-refractivity contribution is 6.38. The second-order valence-corrected chi connectivity index (χ2v) is 20.6. The molecule has 3 atom stereocenters. The van der Waals surface area contributed by atoms with Gasteiger partial charge in [-0.05, 0) is 105 Å². The van der Waals surface area contributed by atoms with Gasteiger partial charge < -0.3 is 54.0 Å². The fraction of sp³-hybridized carbons (Fsp3) is 0.525. The summed E-state index contributed by atoms with van der Waals surface area (Å²) in [4.78, 5) is 131. The Morgan fingerprint density at radius 2 is 1.39 bits per heavy atom. The number of piperidine rings is 2. The molecule has 444 valence electrons. The number of rotatable bonds is 33. The van der Waals surface area contributed by atoms with Crippen molar-refractivity contribution < 1.29 is 81.1 Å². The van der Waals surface area contributed by atoms with Gasteiger partial charge in [-0.25, -0.2) is 4.79 Å². The molecule has 8 amide bonds. The zero-order chi connectivity index (χ0) is 59.2. The summed E-state index contributed by atoms with van der Waals surface area (Å²) in [6, 6.07) is 14.8. The Bertz CT molecular complexity index is 2770. The number of esters is 1. The predicted octanol–water partition coefficient (Wildman–Crippen LogP) is 4.57. The van der Waals surface area contributed by atoms with E-state index in [1.807, 2.05) is 19.1 Å². The van der Waals surface area contributed by atoms with Gasteiger partial charge in [-0.2, -0.15) is 0 Å². The van der Waals surface area contributed by atoms with Crippen molar-refractivity contribution in [3.05, 3.63) is 82.9 Å². The van der Waals surface area contributed by atoms with Crippen molar-refractivity contribution in [3.8, 4) is 17.2 Å². The molecular weight excluding hydrogens is 1060 g/mol. The van der Waals surface area contributed by atoms with Gasteiger partial charge >= 0.3 is 5.97 Å². The Balaban J connectivity index is 0.810. The third-order valence-electron chi connectivity index (χ3n) is 14.4. The van der Waals surface area contributed by atoms with Gasteiger partial charge in [-0.15, -0.1) is 0 Å². The molecular formula is C59H76N6O17. The minimum absolute atomic E-state index is 0.00664. The number of carbonyl (C=O) groups is 10. The molecule has 3 aliphatic rings. The summed E-state index contributed by atoms with van der Waals surface area (Å²) in [5.74, 6) is -4.34. The number of benzene rings is 3. The van der Waals surface area contributed by atoms with Crippen LogP contribution in [0.4, 0.5) is 5.69 Å². The number of hydrogen-bond acceptors (Lipinski definition) is 17. The number of fused-ring (bicyclic) bond motifs is 1. The number of aryl methyl sites for hydroxylation is 1. The number of ketones is 1. The molecule has 0 bridgehead atoms. The second kappa shape index (κ2) is 31.5. The number of methoxy groups -OCH3 is 2. The Kier molecular flexibility index (Phi) is 24.3. The Morgan fingerprint density at radius 1 is 0.732 bits per heavy atom. The lowest BCUT2D eigenvalue weighted by atomic mass is 9.84. The Morgan fingerprint density at radius 3 is 2.05 bits per heavy atom. The van der Waals surface area contributed by atoms with Crippen LogP contribution in [0.2, 0.25) is 0 Å². The first-order chi connectivity index (χ1) is 39.5. The van der Waals surface area contributed by atoms with Crippen molar-refractivity contribution in [2.75, 3.05) is 85.4 Å². The molecule has 0 radical (unpaired) electrons. The van der Waals surface area contributed by atoms with Crippen molar-refractivity contribution in [3.63, 3.8) is 0 Å². The van der Waals surface area contributed by atoms with Crippen LogP contribution in [0.1, 0.15) is 129 Å². The van der Waals surface area contributed by atoms with E-state index in [0.717, 1.165) is 10.5 Å². The van der Waals surface area contributed by atoms with Crippen LogP contribution in [0, 0.1) is 5.41 Å². The number of nitrogens with zero attached hydrogens (tertiary/aromatic N) is 2. The fourth-order valence-corrected chi connectivity index (χ4v) is 9.31. The number of amides is 8. The van der Waals surface area contributed by atoms with Crippen molar-refractivity contribution in [1.82, 2.24) is 25.8 Å². The first-order valence-electron chi connectivity index (χ1n) is 27.9. The number of Topliss-reactive ketones (excluding diaryl/α,β-unsaturated/α-hetero) is 1. The molecule has 6 rings (SSSR count). The average Bonchev–Trinajstić information content (AvgIpc) is 2.98. The number of likely N-dealkylation sites (tertiary alicyclic amines) is 1. The number of anilines is 1. The van der Waals surface area contributed by atoms with Gasteiger partial charge in [0.05, 0.1) is 51.8 Å². The van der Waals surface area contributed by atoms with Crippen LogP contribution in [-0.4, -0.2) is 161 Å². The molecule has 0 aliphatic carbocycles. The van der Waals surface area contributed by atoms with Gasteiger partial charge in [0.1, 0.15) is 23.9 Å². The molecule has 3 aliphatic heterocycles. The van der Waals surface area contributed by atoms with Crippen LogP contribution in [0.15, 0.2) is 60.7 Å². The molecule has 23 nitrogen and oxygen atoms in total. The summed E-state index contributed by atoms with van der Waals surface area (Å²) in [7, 11) is 3.10. The number of imide groups is 2. The third kappa shape index (κ3) is 17.9. The van der Waals surface area contributed by atoms with Crippen LogP contribution in [0.3, 0.4) is 0 Å². The fourth-order valence-electron chi connectivity index (χ4n) is 9.31. The summed E-state index contributed by atoms with van der Waals surface area (Å²) in [5, 5.41) is 10.5. The van der Waals surface area contributed by atoms with Crippen LogP contribution in [-0.2, 0) is 63.7 Å². The number of ether oxygens (including phenoxy) is 7. The molecule has 0 spiro atoms. The number of nitrogens with one attached hydrogen (secondary N) is 4. The molecule has 3 aromatic rings. The van der Waals surface area contributed by atoms with Crippen LogP contribution < -0.4 is 35.5 Å². The zero-order valence-corrected chi connectivity index (χ0v) is 47.4. The standard InChI is InChI=1S/C59H76N6O17/c1-6-59(2,3)53(70)57(74)64-29-8-7-13-43(64)58(75)82-44(22-15-38-16-23-45(76-4)47(36-38)77-5)39-17-19-40(20-18-39)62-49(67)26-25-48(66)60-27-10-30-78-32-34-80-35-33-79-31-11-28-61-51(69)37-81-46-14-9-12-41-52(46)56(73)65(55(41)72)42-21-24-50(68)63-54(42)71/h9,12,14,16-20,23,36,42-44H,6-8,10-11,13,15,21-22,24-35,37H2,1-5H3,(H,60,66)(H,61,69)(H,62,67)(H,63,68,71). The van der Waals surface area contributed by atoms with Gasteiger partial charge in [0.15, 0.2) is 18.1 Å². The molecule has 0 aromatic heterocycles. The lowest BCUT2D eigenvalue weighted by molar-refractivity contribution is -0.164. The van der Waals surface area contributed by atoms with E-state index in [0.29, 0.717) is 127 Å². The smallest absolute Gasteiger partial charge is 0.329 e. The zero-order valence-electron chi connectivity index (χ0n) is 47.4. The highest BCUT2D eigenvalue weighted by Gasteiger charge is 2.46. The second-order valence-electron chi connectivity index (χ2n) is 20.6. The molecule has 2 fully saturated rings. The normalized spacial score (nSPS) is 16.4. The van der Waals surface area contributed by atoms with E-state index in [2.05, 4.69) is 21.3 Å². The van der Waals surface area contributed by atoms with E-state index >= 15 is 0 Å². The van der Waals surface area contributed by atoms with Crippen LogP contribution >= 0.6 is 0 Å². The van der Waals surface area contributed by atoms with Crippen molar-refractivity contribution in [2.24, 2.45) is 5.41 Å². The SMILES string of the molecule is CCC(C)(C)C(=O)C(=O)N1CCCCC1C(=O)OC(CCc1ccc(OC)c(OC)c1)c1ccc(NC(=O)CCC(=O)NCCCOCCOCCOCCCNC(=O)COc2cccc3c2C(=O)N(C2CCC(=O)NC2=O)C3=O)cc1. The molecule has 82 heavy (non-hydrogen) atoms. The molecule has 3 heterocycles. The van der Waals surface area contributed by atoms with Gasteiger partial charge in [0.25, 0.3) is 23.6 Å². The first-order valence-corrected chi connectivity index (χ1v) is 27.9. The number of carbonyl (C=O) groups excluding carboxylic acids is 10. The predicted molar refractivity (Wildman–Crippen MR) is 296 cm³/mol. The highest BCUT2D eigenvalue weighted by Crippen LogP contribution is 2.35. The maximum Gasteiger partial charge on any atom is 0.329 e. The minimum atomic E-state index is -1.12.